The lowest BCUT2D eigenvalue weighted by Crippen LogP contribution is -2.43. The van der Waals surface area contributed by atoms with Crippen molar-refractivity contribution in [3.8, 4) is 0 Å². The maximum atomic E-state index is 11.9. The number of carboxylic acids is 1. The first-order valence-electron chi connectivity index (χ1n) is 7.32. The van der Waals surface area contributed by atoms with Crippen LogP contribution in [0.5, 0.6) is 0 Å². The highest BCUT2D eigenvalue weighted by atomic mass is 16.6. The van der Waals surface area contributed by atoms with E-state index in [-0.39, 0.29) is 17.9 Å². The second-order valence-electron chi connectivity index (χ2n) is 6.79. The highest BCUT2D eigenvalue weighted by Crippen LogP contribution is 2.30. The van der Waals surface area contributed by atoms with E-state index in [0.717, 1.165) is 12.8 Å². The van der Waals surface area contributed by atoms with Gasteiger partial charge in [-0.2, -0.15) is 0 Å². The van der Waals surface area contributed by atoms with Crippen molar-refractivity contribution in [3.05, 3.63) is 0 Å². The molecule has 1 unspecified atom stereocenters. The topological polar surface area (TPSA) is 66.8 Å². The number of hydrogen-bond donors (Lipinski definition) is 1. The minimum atomic E-state index is -0.743. The van der Waals surface area contributed by atoms with Crippen molar-refractivity contribution in [1.82, 2.24) is 4.90 Å². The molecule has 2 atom stereocenters. The highest BCUT2D eigenvalue weighted by molar-refractivity contribution is 5.70. The number of piperidine rings is 1. The molecule has 0 aromatic rings. The molecular formula is C15H27NO4. The normalized spacial score (nSPS) is 20.4. The fraction of sp³-hybridized carbons (Fsp3) is 0.867. The number of hydrogen-bond acceptors (Lipinski definition) is 3. The molecule has 1 N–H and O–H groups in total. The molecule has 1 aliphatic heterocycles. The molecular weight excluding hydrogens is 258 g/mol. The zero-order chi connectivity index (χ0) is 15.5. The average Bonchev–Trinajstić information content (AvgIpc) is 2.35. The summed E-state index contributed by atoms with van der Waals surface area (Å²) in [6.45, 7) is 10.6. The monoisotopic (exact) mass is 285 g/mol. The lowest BCUT2D eigenvalue weighted by molar-refractivity contribution is -0.143. The van der Waals surface area contributed by atoms with Crippen LogP contribution in [0.4, 0.5) is 4.79 Å². The predicted molar refractivity (Wildman–Crippen MR) is 76.5 cm³/mol. The van der Waals surface area contributed by atoms with Crippen LogP contribution < -0.4 is 0 Å². The van der Waals surface area contributed by atoms with Gasteiger partial charge in [0.15, 0.2) is 0 Å². The first kappa shape index (κ1) is 16.8. The van der Waals surface area contributed by atoms with Gasteiger partial charge in [0, 0.05) is 13.1 Å². The van der Waals surface area contributed by atoms with Gasteiger partial charge >= 0.3 is 12.1 Å². The number of rotatable bonds is 3. The molecule has 1 fully saturated rings. The molecule has 5 heteroatoms. The number of carboxylic acid groups (broad SMARTS) is 1. The lowest BCUT2D eigenvalue weighted by Gasteiger charge is -2.36. The lowest BCUT2D eigenvalue weighted by atomic mass is 9.78. The first-order valence-corrected chi connectivity index (χ1v) is 7.32. The summed E-state index contributed by atoms with van der Waals surface area (Å²) in [5.74, 6) is -0.590. The Morgan fingerprint density at radius 3 is 2.10 bits per heavy atom. The van der Waals surface area contributed by atoms with E-state index < -0.39 is 11.6 Å². The van der Waals surface area contributed by atoms with E-state index >= 15 is 0 Å². The van der Waals surface area contributed by atoms with Gasteiger partial charge in [-0.15, -0.1) is 0 Å². The molecule has 1 saturated heterocycles. The number of nitrogens with zero attached hydrogens (tertiary/aromatic N) is 1. The third-order valence-corrected chi connectivity index (χ3v) is 4.11. The maximum absolute atomic E-state index is 11.9. The summed E-state index contributed by atoms with van der Waals surface area (Å²) in [6.07, 6.45) is 1.42. The van der Waals surface area contributed by atoms with Crippen LogP contribution in [0.15, 0.2) is 0 Å². The van der Waals surface area contributed by atoms with Gasteiger partial charge in [0.1, 0.15) is 5.60 Å². The Morgan fingerprint density at radius 1 is 1.20 bits per heavy atom. The molecule has 1 amide bonds. The number of carbonyl (C=O) groups excluding carboxylic acids is 1. The van der Waals surface area contributed by atoms with Crippen LogP contribution in [0, 0.1) is 17.8 Å². The Balaban J connectivity index is 2.47. The van der Waals surface area contributed by atoms with Crippen LogP contribution >= 0.6 is 0 Å². The fourth-order valence-electron chi connectivity index (χ4n) is 2.57. The summed E-state index contributed by atoms with van der Waals surface area (Å²) < 4.78 is 5.35. The summed E-state index contributed by atoms with van der Waals surface area (Å²) in [6, 6.07) is 0. The van der Waals surface area contributed by atoms with E-state index in [1.54, 1.807) is 11.8 Å². The van der Waals surface area contributed by atoms with Crippen LogP contribution in [-0.2, 0) is 9.53 Å². The second-order valence-corrected chi connectivity index (χ2v) is 6.79. The molecule has 0 bridgehead atoms. The summed E-state index contributed by atoms with van der Waals surface area (Å²) in [5, 5.41) is 9.07. The predicted octanol–water partition coefficient (Wildman–Crippen LogP) is 2.99. The van der Waals surface area contributed by atoms with Crippen LogP contribution in [0.3, 0.4) is 0 Å². The molecule has 1 rings (SSSR count). The molecule has 0 radical (unpaired) electrons. The van der Waals surface area contributed by atoms with Crippen LogP contribution in [-0.4, -0.2) is 40.8 Å². The quantitative estimate of drug-likeness (QED) is 0.865. The van der Waals surface area contributed by atoms with E-state index in [4.69, 9.17) is 9.84 Å². The van der Waals surface area contributed by atoms with Gasteiger partial charge in [-0.1, -0.05) is 13.8 Å². The third-order valence-electron chi connectivity index (χ3n) is 4.11. The molecule has 1 heterocycles. The molecule has 0 saturated carbocycles. The van der Waals surface area contributed by atoms with Gasteiger partial charge in [-0.3, -0.25) is 4.79 Å². The van der Waals surface area contributed by atoms with E-state index in [0.29, 0.717) is 19.0 Å². The maximum Gasteiger partial charge on any atom is 0.410 e. The van der Waals surface area contributed by atoms with Gasteiger partial charge in [0.25, 0.3) is 0 Å². The van der Waals surface area contributed by atoms with Crippen molar-refractivity contribution < 1.29 is 19.4 Å². The number of ether oxygens (including phenoxy) is 1. The van der Waals surface area contributed by atoms with Crippen molar-refractivity contribution >= 4 is 12.1 Å². The zero-order valence-electron chi connectivity index (χ0n) is 13.2. The van der Waals surface area contributed by atoms with Crippen molar-refractivity contribution in [2.75, 3.05) is 13.1 Å². The molecule has 0 aromatic carbocycles. The van der Waals surface area contributed by atoms with Crippen LogP contribution in [0.25, 0.3) is 0 Å². The van der Waals surface area contributed by atoms with Gasteiger partial charge in [0.05, 0.1) is 5.92 Å². The first-order chi connectivity index (χ1) is 9.11. The Morgan fingerprint density at radius 2 is 1.70 bits per heavy atom. The van der Waals surface area contributed by atoms with Gasteiger partial charge in [-0.05, 0) is 45.4 Å². The van der Waals surface area contributed by atoms with Crippen LogP contribution in [0.1, 0.15) is 47.5 Å². The van der Waals surface area contributed by atoms with E-state index in [9.17, 15) is 9.59 Å². The molecule has 0 spiro atoms. The Hall–Kier alpha value is -1.26. The molecule has 116 valence electrons. The molecule has 0 aliphatic carbocycles. The Labute approximate surface area is 121 Å². The van der Waals surface area contributed by atoms with Crippen molar-refractivity contribution in [3.63, 3.8) is 0 Å². The van der Waals surface area contributed by atoms with E-state index in [1.165, 1.54) is 0 Å². The smallest absolute Gasteiger partial charge is 0.410 e. The largest absolute Gasteiger partial charge is 0.481 e. The Kier molecular flexibility index (Phi) is 5.42. The minimum absolute atomic E-state index is 0.133. The minimum Gasteiger partial charge on any atom is -0.481 e. The molecule has 1 aliphatic rings. The van der Waals surface area contributed by atoms with Gasteiger partial charge in [-0.25, -0.2) is 4.79 Å². The van der Waals surface area contributed by atoms with Gasteiger partial charge in [0.2, 0.25) is 0 Å². The summed E-state index contributed by atoms with van der Waals surface area (Å²) in [7, 11) is 0. The standard InChI is InChI=1S/C15H27NO4/c1-10(11(2)13(17)18)12-6-8-16(9-7-12)14(19)20-15(3,4)5/h10-12H,6-9H2,1-5H3,(H,17,18)/t10-,11?/m0/s1. The van der Waals surface area contributed by atoms with Crippen molar-refractivity contribution in [2.24, 2.45) is 17.8 Å². The number of amides is 1. The van der Waals surface area contributed by atoms with Crippen molar-refractivity contribution in [2.45, 2.75) is 53.1 Å². The number of likely N-dealkylation sites (tertiary alicyclic amines) is 1. The van der Waals surface area contributed by atoms with Gasteiger partial charge < -0.3 is 14.7 Å². The zero-order valence-corrected chi connectivity index (χ0v) is 13.2. The second kappa shape index (κ2) is 6.46. The number of carbonyl (C=O) groups is 2. The molecule has 5 nitrogen and oxygen atoms in total. The third kappa shape index (κ3) is 4.69. The van der Waals surface area contributed by atoms with E-state index in [2.05, 4.69) is 0 Å². The molecule has 20 heavy (non-hydrogen) atoms. The molecule has 0 aromatic heterocycles. The Bertz CT molecular complexity index is 353. The van der Waals surface area contributed by atoms with Crippen molar-refractivity contribution in [1.29, 1.82) is 0 Å². The summed E-state index contributed by atoms with van der Waals surface area (Å²) in [4.78, 5) is 24.7. The fourth-order valence-corrected chi connectivity index (χ4v) is 2.57. The SMILES string of the molecule is CC(C(=O)O)[C@H](C)C1CCN(C(=O)OC(C)(C)C)CC1. The van der Waals surface area contributed by atoms with E-state index in [1.807, 2.05) is 27.7 Å². The van der Waals surface area contributed by atoms with Crippen LogP contribution in [0.2, 0.25) is 0 Å². The number of aliphatic carboxylic acids is 1. The summed E-state index contributed by atoms with van der Waals surface area (Å²) >= 11 is 0. The highest BCUT2D eigenvalue weighted by Gasteiger charge is 2.32. The average molecular weight is 285 g/mol. The summed E-state index contributed by atoms with van der Waals surface area (Å²) in [5.41, 5.74) is -0.473.